The Hall–Kier alpha value is -2.12. The van der Waals surface area contributed by atoms with E-state index in [0.717, 1.165) is 16.6 Å². The average molecular weight is 255 g/mol. The van der Waals surface area contributed by atoms with Crippen LogP contribution in [0.2, 0.25) is 0 Å². The summed E-state index contributed by atoms with van der Waals surface area (Å²) in [7, 11) is 0. The smallest absolute Gasteiger partial charge is 0.103 e. The number of nitrogens with zero attached hydrogens (tertiary/aromatic N) is 2. The summed E-state index contributed by atoms with van der Waals surface area (Å²) in [4.78, 5) is 4.27. The highest BCUT2D eigenvalue weighted by molar-refractivity contribution is 5.93. The van der Waals surface area contributed by atoms with Crippen LogP contribution in [0.5, 0.6) is 0 Å². The summed E-state index contributed by atoms with van der Waals surface area (Å²) in [6.45, 7) is 4.09. The Balaban J connectivity index is 2.53. The van der Waals surface area contributed by atoms with Gasteiger partial charge in [0.1, 0.15) is 6.07 Å². The fourth-order valence-electron chi connectivity index (χ4n) is 1.99. The number of para-hydroxylation sites is 1. The lowest BCUT2D eigenvalue weighted by Gasteiger charge is -2.22. The van der Waals surface area contributed by atoms with Gasteiger partial charge in [0.2, 0.25) is 0 Å². The van der Waals surface area contributed by atoms with Crippen molar-refractivity contribution in [3.63, 3.8) is 0 Å². The number of nitriles is 1. The molecule has 98 valence electrons. The number of aliphatic hydroxyl groups is 1. The number of fused-ring (bicyclic) bond motifs is 1. The SMILES string of the molecule is CC(C)[C@@H](CO)Nc1c(C#N)cnc2ccccc12. The number of hydrogen-bond donors (Lipinski definition) is 2. The molecular weight excluding hydrogens is 238 g/mol. The molecule has 0 fully saturated rings. The first kappa shape index (κ1) is 13.3. The van der Waals surface area contributed by atoms with Crippen LogP contribution < -0.4 is 5.32 Å². The lowest BCUT2D eigenvalue weighted by atomic mass is 10.0. The van der Waals surface area contributed by atoms with Gasteiger partial charge >= 0.3 is 0 Å². The van der Waals surface area contributed by atoms with Crippen LogP contribution in [0.4, 0.5) is 5.69 Å². The highest BCUT2D eigenvalue weighted by Crippen LogP contribution is 2.26. The zero-order valence-corrected chi connectivity index (χ0v) is 11.1. The molecule has 0 amide bonds. The zero-order valence-electron chi connectivity index (χ0n) is 11.1. The minimum absolute atomic E-state index is 0.0270. The number of hydrogen-bond acceptors (Lipinski definition) is 4. The molecule has 0 unspecified atom stereocenters. The van der Waals surface area contributed by atoms with Crippen LogP contribution >= 0.6 is 0 Å². The average Bonchev–Trinajstić information content (AvgIpc) is 2.44. The van der Waals surface area contributed by atoms with E-state index in [2.05, 4.69) is 16.4 Å². The molecule has 0 aliphatic carbocycles. The monoisotopic (exact) mass is 255 g/mol. The Kier molecular flexibility index (Phi) is 3.98. The Labute approximate surface area is 112 Å². The van der Waals surface area contributed by atoms with E-state index in [0.29, 0.717) is 5.56 Å². The second kappa shape index (κ2) is 5.68. The summed E-state index contributed by atoms with van der Waals surface area (Å²) in [6, 6.07) is 9.73. The first-order chi connectivity index (χ1) is 9.17. The molecule has 0 saturated heterocycles. The van der Waals surface area contributed by atoms with E-state index < -0.39 is 0 Å². The van der Waals surface area contributed by atoms with Gasteiger partial charge in [-0.3, -0.25) is 4.98 Å². The number of benzene rings is 1. The predicted octanol–water partition coefficient (Wildman–Crippen LogP) is 2.54. The van der Waals surface area contributed by atoms with Crippen LogP contribution in [-0.2, 0) is 0 Å². The van der Waals surface area contributed by atoms with E-state index in [1.807, 2.05) is 38.1 Å². The van der Waals surface area contributed by atoms with Crippen molar-refractivity contribution in [1.82, 2.24) is 4.98 Å². The second-order valence-corrected chi connectivity index (χ2v) is 4.85. The maximum Gasteiger partial charge on any atom is 0.103 e. The van der Waals surface area contributed by atoms with Gasteiger partial charge in [-0.1, -0.05) is 32.0 Å². The third kappa shape index (κ3) is 2.67. The second-order valence-electron chi connectivity index (χ2n) is 4.85. The molecule has 2 rings (SSSR count). The number of pyridine rings is 1. The molecule has 2 aromatic rings. The normalized spacial score (nSPS) is 12.4. The fraction of sp³-hybridized carbons (Fsp3) is 0.333. The molecule has 0 aliphatic heterocycles. The van der Waals surface area contributed by atoms with Crippen molar-refractivity contribution in [3.05, 3.63) is 36.0 Å². The molecule has 1 heterocycles. The number of anilines is 1. The summed E-state index contributed by atoms with van der Waals surface area (Å²) >= 11 is 0. The van der Waals surface area contributed by atoms with Crippen molar-refractivity contribution < 1.29 is 5.11 Å². The van der Waals surface area contributed by atoms with Gasteiger partial charge in [0.25, 0.3) is 0 Å². The zero-order chi connectivity index (χ0) is 13.8. The van der Waals surface area contributed by atoms with Gasteiger partial charge in [0, 0.05) is 11.6 Å². The van der Waals surface area contributed by atoms with Crippen LogP contribution in [0.15, 0.2) is 30.5 Å². The maximum absolute atomic E-state index is 9.43. The number of aliphatic hydroxyl groups excluding tert-OH is 1. The Bertz CT molecular complexity index is 616. The van der Waals surface area contributed by atoms with Crippen LogP contribution in [0.25, 0.3) is 10.9 Å². The topological polar surface area (TPSA) is 68.9 Å². The molecule has 19 heavy (non-hydrogen) atoms. The highest BCUT2D eigenvalue weighted by atomic mass is 16.3. The largest absolute Gasteiger partial charge is 0.394 e. The summed E-state index contributed by atoms with van der Waals surface area (Å²) in [6.07, 6.45) is 1.57. The van der Waals surface area contributed by atoms with Gasteiger partial charge in [-0.05, 0) is 12.0 Å². The van der Waals surface area contributed by atoms with Crippen molar-refractivity contribution in [1.29, 1.82) is 5.26 Å². The van der Waals surface area contributed by atoms with Gasteiger partial charge in [0.15, 0.2) is 0 Å². The van der Waals surface area contributed by atoms with Crippen molar-refractivity contribution in [2.45, 2.75) is 19.9 Å². The van der Waals surface area contributed by atoms with Crippen molar-refractivity contribution in [3.8, 4) is 6.07 Å². The molecule has 2 N–H and O–H groups in total. The summed E-state index contributed by atoms with van der Waals surface area (Å²) in [5, 5.41) is 22.8. The molecule has 0 radical (unpaired) electrons. The van der Waals surface area contributed by atoms with E-state index in [1.54, 1.807) is 6.20 Å². The predicted molar refractivity (Wildman–Crippen MR) is 75.8 cm³/mol. The van der Waals surface area contributed by atoms with Crippen molar-refractivity contribution in [2.75, 3.05) is 11.9 Å². The standard InChI is InChI=1S/C15H17N3O/c1-10(2)14(9-19)18-15-11(7-16)8-17-13-6-4-3-5-12(13)15/h3-6,8,10,14,19H,9H2,1-2H3,(H,17,18)/t14-/m1/s1. The Morgan fingerprint density at radius 2 is 2.11 bits per heavy atom. The molecule has 0 saturated carbocycles. The minimum Gasteiger partial charge on any atom is -0.394 e. The maximum atomic E-state index is 9.43. The minimum atomic E-state index is -0.0853. The van der Waals surface area contributed by atoms with Gasteiger partial charge in [-0.15, -0.1) is 0 Å². The molecule has 4 heteroatoms. The van der Waals surface area contributed by atoms with Crippen LogP contribution in [-0.4, -0.2) is 22.7 Å². The van der Waals surface area contributed by atoms with Gasteiger partial charge in [-0.2, -0.15) is 5.26 Å². The lowest BCUT2D eigenvalue weighted by molar-refractivity contribution is 0.249. The Morgan fingerprint density at radius 1 is 1.37 bits per heavy atom. The lowest BCUT2D eigenvalue weighted by Crippen LogP contribution is -2.29. The molecule has 1 aromatic carbocycles. The molecule has 0 spiro atoms. The fourth-order valence-corrected chi connectivity index (χ4v) is 1.99. The highest BCUT2D eigenvalue weighted by Gasteiger charge is 2.16. The molecule has 0 bridgehead atoms. The van der Waals surface area contributed by atoms with Crippen LogP contribution in [0, 0.1) is 17.2 Å². The molecule has 4 nitrogen and oxygen atoms in total. The molecular formula is C15H17N3O. The Morgan fingerprint density at radius 3 is 2.74 bits per heavy atom. The third-order valence-corrected chi connectivity index (χ3v) is 3.23. The quantitative estimate of drug-likeness (QED) is 0.880. The molecule has 0 aliphatic rings. The van der Waals surface area contributed by atoms with Crippen molar-refractivity contribution >= 4 is 16.6 Å². The first-order valence-corrected chi connectivity index (χ1v) is 6.32. The summed E-state index contributed by atoms with van der Waals surface area (Å²) < 4.78 is 0. The van der Waals surface area contributed by atoms with Crippen LogP contribution in [0.1, 0.15) is 19.4 Å². The van der Waals surface area contributed by atoms with Crippen molar-refractivity contribution in [2.24, 2.45) is 5.92 Å². The molecule has 1 aromatic heterocycles. The number of aromatic nitrogens is 1. The van der Waals surface area contributed by atoms with E-state index in [4.69, 9.17) is 0 Å². The van der Waals surface area contributed by atoms with E-state index in [-0.39, 0.29) is 18.6 Å². The van der Waals surface area contributed by atoms with E-state index >= 15 is 0 Å². The number of rotatable bonds is 4. The van der Waals surface area contributed by atoms with Gasteiger partial charge < -0.3 is 10.4 Å². The van der Waals surface area contributed by atoms with E-state index in [9.17, 15) is 10.4 Å². The number of nitrogens with one attached hydrogen (secondary N) is 1. The van der Waals surface area contributed by atoms with E-state index in [1.165, 1.54) is 0 Å². The third-order valence-electron chi connectivity index (χ3n) is 3.23. The van der Waals surface area contributed by atoms with Gasteiger partial charge in [-0.25, -0.2) is 0 Å². The summed E-state index contributed by atoms with van der Waals surface area (Å²) in [5.74, 6) is 0.267. The van der Waals surface area contributed by atoms with Gasteiger partial charge in [0.05, 0.1) is 29.4 Å². The van der Waals surface area contributed by atoms with Crippen LogP contribution in [0.3, 0.4) is 0 Å². The molecule has 1 atom stereocenters. The summed E-state index contributed by atoms with van der Waals surface area (Å²) in [5.41, 5.74) is 2.09. The first-order valence-electron chi connectivity index (χ1n) is 6.32.